The molecule has 3 heterocycles. The molecule has 0 atom stereocenters. The van der Waals surface area contributed by atoms with E-state index in [0.717, 1.165) is 28.1 Å². The van der Waals surface area contributed by atoms with Gasteiger partial charge in [0, 0.05) is 42.2 Å². The van der Waals surface area contributed by atoms with Crippen molar-refractivity contribution in [1.29, 1.82) is 0 Å². The minimum Gasteiger partial charge on any atom is -0.496 e. The Morgan fingerprint density at radius 1 is 1.09 bits per heavy atom. The Morgan fingerprint density at radius 2 is 1.79 bits per heavy atom. The Labute approximate surface area is 192 Å². The summed E-state index contributed by atoms with van der Waals surface area (Å²) in [5.74, 6) is 2.63. The molecule has 10 heteroatoms. The van der Waals surface area contributed by atoms with Crippen molar-refractivity contribution in [2.75, 3.05) is 40.2 Å². The minimum absolute atomic E-state index is 0.0272. The third-order valence-corrected chi connectivity index (χ3v) is 5.99. The molecule has 0 saturated carbocycles. The number of rotatable bonds is 6. The zero-order chi connectivity index (χ0) is 23.7. The van der Waals surface area contributed by atoms with Crippen LogP contribution in [0.5, 0.6) is 17.2 Å². The lowest BCUT2D eigenvalue weighted by Gasteiger charge is -2.28. The van der Waals surface area contributed by atoms with E-state index < -0.39 is 0 Å². The van der Waals surface area contributed by atoms with Crippen molar-refractivity contribution in [2.45, 2.75) is 26.7 Å². The molecule has 0 radical (unpaired) electrons. The summed E-state index contributed by atoms with van der Waals surface area (Å²) in [6.45, 7) is 4.86. The van der Waals surface area contributed by atoms with Crippen LogP contribution in [0.15, 0.2) is 18.2 Å². The third kappa shape index (κ3) is 4.15. The molecule has 174 valence electrons. The van der Waals surface area contributed by atoms with Gasteiger partial charge in [-0.15, -0.1) is 5.10 Å². The fraction of sp³-hybridized carbons (Fsp3) is 0.391. The van der Waals surface area contributed by atoms with Crippen LogP contribution in [0.3, 0.4) is 0 Å². The number of aryl methyl sites for hydroxylation is 2. The van der Waals surface area contributed by atoms with Crippen LogP contribution in [0.25, 0.3) is 11.4 Å². The van der Waals surface area contributed by atoms with Crippen LogP contribution in [0.4, 0.5) is 5.95 Å². The maximum atomic E-state index is 13.1. The van der Waals surface area contributed by atoms with Crippen molar-refractivity contribution in [1.82, 2.24) is 24.5 Å². The van der Waals surface area contributed by atoms with Gasteiger partial charge in [-0.05, 0) is 25.8 Å². The maximum Gasteiger partial charge on any atom is 0.254 e. The molecule has 0 saturated heterocycles. The molecule has 2 N–H and O–H groups in total. The van der Waals surface area contributed by atoms with E-state index in [1.807, 2.05) is 37.0 Å². The predicted molar refractivity (Wildman–Crippen MR) is 124 cm³/mol. The molecule has 0 bridgehead atoms. The number of nitrogen functional groups attached to an aromatic ring is 1. The number of hydrogen-bond donors (Lipinski definition) is 1. The second-order valence-corrected chi connectivity index (χ2v) is 7.85. The normalized spacial score (nSPS) is 13.7. The van der Waals surface area contributed by atoms with Gasteiger partial charge in [0.1, 0.15) is 17.2 Å². The Bertz CT molecular complexity index is 1220. The Morgan fingerprint density at radius 3 is 2.36 bits per heavy atom. The maximum absolute atomic E-state index is 13.1. The fourth-order valence-electron chi connectivity index (χ4n) is 4.19. The van der Waals surface area contributed by atoms with Gasteiger partial charge in [0.15, 0.2) is 0 Å². The largest absolute Gasteiger partial charge is 0.496 e. The van der Waals surface area contributed by atoms with E-state index in [1.165, 1.54) is 0 Å². The van der Waals surface area contributed by atoms with Crippen molar-refractivity contribution in [2.24, 2.45) is 0 Å². The lowest BCUT2D eigenvalue weighted by molar-refractivity contribution is -0.130. The predicted octanol–water partition coefficient (Wildman–Crippen LogP) is 2.21. The highest BCUT2D eigenvalue weighted by molar-refractivity contribution is 5.82. The minimum atomic E-state index is 0.0272. The highest BCUT2D eigenvalue weighted by Crippen LogP contribution is 2.40. The van der Waals surface area contributed by atoms with Crippen LogP contribution in [-0.2, 0) is 11.2 Å². The number of aromatic nitrogens is 4. The quantitative estimate of drug-likeness (QED) is 0.605. The number of nitrogens with two attached hydrogens (primary N) is 1. The number of carbonyl (C=O) groups excluding carboxylic acids is 1. The summed E-state index contributed by atoms with van der Waals surface area (Å²) in [5, 5.41) is 4.18. The van der Waals surface area contributed by atoms with Crippen molar-refractivity contribution < 1.29 is 19.0 Å². The first kappa shape index (κ1) is 22.4. The van der Waals surface area contributed by atoms with E-state index in [4.69, 9.17) is 19.9 Å². The molecule has 1 aromatic carbocycles. The van der Waals surface area contributed by atoms with Gasteiger partial charge in [-0.3, -0.25) is 4.79 Å². The Kier molecular flexibility index (Phi) is 6.08. The van der Waals surface area contributed by atoms with E-state index in [1.54, 1.807) is 25.8 Å². The summed E-state index contributed by atoms with van der Waals surface area (Å²) in [7, 11) is 4.84. The molecular formula is C23H28N6O4. The molecule has 10 nitrogen and oxygen atoms in total. The summed E-state index contributed by atoms with van der Waals surface area (Å²) in [6.07, 6.45) is 2.96. The molecule has 1 amide bonds. The summed E-state index contributed by atoms with van der Waals surface area (Å²) >= 11 is 0. The number of nitrogens with zero attached hydrogens (tertiary/aromatic N) is 5. The zero-order valence-corrected chi connectivity index (χ0v) is 19.5. The highest BCUT2D eigenvalue weighted by atomic mass is 16.5. The number of anilines is 1. The Hall–Kier alpha value is -3.82. The van der Waals surface area contributed by atoms with Crippen molar-refractivity contribution in [3.8, 4) is 17.2 Å². The second-order valence-electron chi connectivity index (χ2n) is 7.85. The fourth-order valence-corrected chi connectivity index (χ4v) is 4.19. The van der Waals surface area contributed by atoms with E-state index in [0.29, 0.717) is 42.5 Å². The van der Waals surface area contributed by atoms with Crippen LogP contribution in [0, 0.1) is 13.8 Å². The first-order valence-electron chi connectivity index (χ1n) is 10.6. The molecule has 2 aromatic heterocycles. The number of ether oxygens (including phenoxy) is 3. The molecule has 3 aromatic rings. The average Bonchev–Trinajstić information content (AvgIpc) is 3.20. The van der Waals surface area contributed by atoms with Crippen molar-refractivity contribution in [3.05, 3.63) is 40.7 Å². The van der Waals surface area contributed by atoms with Gasteiger partial charge in [0.25, 0.3) is 5.78 Å². The van der Waals surface area contributed by atoms with Crippen LogP contribution < -0.4 is 19.9 Å². The van der Waals surface area contributed by atoms with E-state index in [2.05, 4.69) is 15.1 Å². The lowest BCUT2D eigenvalue weighted by atomic mass is 9.96. The van der Waals surface area contributed by atoms with Gasteiger partial charge >= 0.3 is 0 Å². The lowest BCUT2D eigenvalue weighted by Crippen LogP contribution is -2.36. The topological polar surface area (TPSA) is 117 Å². The van der Waals surface area contributed by atoms with Gasteiger partial charge in [0.2, 0.25) is 11.9 Å². The molecule has 1 aliphatic heterocycles. The van der Waals surface area contributed by atoms with Crippen LogP contribution >= 0.6 is 0 Å². The smallest absolute Gasteiger partial charge is 0.254 e. The number of amides is 1. The number of carbonyl (C=O) groups is 1. The number of fused-ring (bicyclic) bond motifs is 1. The van der Waals surface area contributed by atoms with Gasteiger partial charge in [-0.25, -0.2) is 4.98 Å². The number of hydrogen-bond acceptors (Lipinski definition) is 8. The molecule has 4 rings (SSSR count). The summed E-state index contributed by atoms with van der Waals surface area (Å²) in [6, 6.07) is 3.67. The zero-order valence-electron chi connectivity index (χ0n) is 19.5. The van der Waals surface area contributed by atoms with Gasteiger partial charge < -0.3 is 24.8 Å². The summed E-state index contributed by atoms with van der Waals surface area (Å²) in [4.78, 5) is 23.5. The monoisotopic (exact) mass is 452 g/mol. The number of benzene rings is 1. The Balaban J connectivity index is 1.55. The number of methoxy groups -OCH3 is 3. The van der Waals surface area contributed by atoms with Crippen LogP contribution in [-0.4, -0.2) is 64.8 Å². The first-order chi connectivity index (χ1) is 15.9. The van der Waals surface area contributed by atoms with E-state index in [-0.39, 0.29) is 18.3 Å². The van der Waals surface area contributed by atoms with Crippen molar-refractivity contribution >= 4 is 23.2 Å². The summed E-state index contributed by atoms with van der Waals surface area (Å²) in [5.41, 5.74) is 10.1. The first-order valence-corrected chi connectivity index (χ1v) is 10.6. The van der Waals surface area contributed by atoms with E-state index >= 15 is 0 Å². The molecule has 0 aliphatic carbocycles. The van der Waals surface area contributed by atoms with Crippen molar-refractivity contribution in [3.63, 3.8) is 0 Å². The van der Waals surface area contributed by atoms with Crippen LogP contribution in [0.1, 0.15) is 28.9 Å². The molecule has 0 spiro atoms. The standard InChI is InChI=1S/C23H28N6O4/c1-13-17(14(2)29-23(25-13)26-22(24)27-29)12-20(30)28-8-6-15(7-9-28)21-18(32-4)10-16(31-3)11-19(21)33-5/h6,10-11H,7-9,12H2,1-5H3,(H2,24,27). The molecule has 1 aliphatic rings. The van der Waals surface area contributed by atoms with Crippen LogP contribution in [0.2, 0.25) is 0 Å². The molecule has 0 fully saturated rings. The third-order valence-electron chi connectivity index (χ3n) is 5.99. The molecular weight excluding hydrogens is 424 g/mol. The second kappa shape index (κ2) is 8.97. The van der Waals surface area contributed by atoms with Gasteiger partial charge in [0.05, 0.1) is 33.3 Å². The molecule has 33 heavy (non-hydrogen) atoms. The van der Waals surface area contributed by atoms with Gasteiger partial charge in [-0.2, -0.15) is 9.50 Å². The summed E-state index contributed by atoms with van der Waals surface area (Å²) < 4.78 is 18.1. The highest BCUT2D eigenvalue weighted by Gasteiger charge is 2.24. The van der Waals surface area contributed by atoms with E-state index in [9.17, 15) is 4.79 Å². The van der Waals surface area contributed by atoms with Gasteiger partial charge in [-0.1, -0.05) is 6.08 Å². The SMILES string of the molecule is COc1cc(OC)c(C2=CCN(C(=O)Cc3c(C)nc4nc(N)nn4c3C)CC2)c(OC)c1. The average molecular weight is 453 g/mol. The molecule has 0 unspecified atom stereocenters.